The van der Waals surface area contributed by atoms with Crippen molar-refractivity contribution in [3.63, 3.8) is 0 Å². The van der Waals surface area contributed by atoms with E-state index in [1.165, 1.54) is 18.7 Å². The number of nitrogens with zero attached hydrogens (tertiary/aromatic N) is 3. The summed E-state index contributed by atoms with van der Waals surface area (Å²) in [7, 11) is 1.43. The molecule has 0 atom stereocenters. The minimum absolute atomic E-state index is 0.361. The van der Waals surface area contributed by atoms with Crippen molar-refractivity contribution in [1.82, 2.24) is 9.55 Å². The summed E-state index contributed by atoms with van der Waals surface area (Å²) in [5, 5.41) is 5.92. The molecule has 0 aliphatic heterocycles. The zero-order valence-electron chi connectivity index (χ0n) is 13.0. The third-order valence-corrected chi connectivity index (χ3v) is 3.44. The van der Waals surface area contributed by atoms with Crippen molar-refractivity contribution in [2.45, 2.75) is 20.3 Å². The maximum atomic E-state index is 11.7. The number of hydrogen-bond donors (Lipinski definition) is 1. The second kappa shape index (κ2) is 6.89. The number of benzene rings is 1. The molecule has 0 radical (unpaired) electrons. The Labute approximate surface area is 128 Å². The molecule has 0 saturated carbocycles. The first kappa shape index (κ1) is 15.8. The van der Waals surface area contributed by atoms with Crippen molar-refractivity contribution in [3.05, 3.63) is 62.3 Å². The Balaban J connectivity index is 2.26. The highest BCUT2D eigenvalue weighted by Gasteiger charge is 2.06. The third kappa shape index (κ3) is 3.52. The molecule has 1 aromatic carbocycles. The van der Waals surface area contributed by atoms with Crippen LogP contribution in [0.3, 0.4) is 0 Å². The maximum Gasteiger partial charge on any atom is 0.329 e. The van der Waals surface area contributed by atoms with Gasteiger partial charge in [0.05, 0.1) is 6.21 Å². The monoisotopic (exact) mass is 300 g/mol. The number of nitrogens with one attached hydrogen (secondary N) is 1. The summed E-state index contributed by atoms with van der Waals surface area (Å²) in [6.07, 6.45) is 2.70. The highest BCUT2D eigenvalue weighted by atomic mass is 16.2. The van der Waals surface area contributed by atoms with Gasteiger partial charge in [0.1, 0.15) is 5.82 Å². The van der Waals surface area contributed by atoms with Crippen LogP contribution in [-0.2, 0) is 13.5 Å². The van der Waals surface area contributed by atoms with Crippen molar-refractivity contribution in [1.29, 1.82) is 0 Å². The first-order chi connectivity index (χ1) is 10.5. The molecular formula is C16H20N4O2. The van der Waals surface area contributed by atoms with Gasteiger partial charge in [-0.15, -0.1) is 0 Å². The van der Waals surface area contributed by atoms with Crippen LogP contribution < -0.4 is 16.3 Å². The van der Waals surface area contributed by atoms with E-state index < -0.39 is 5.69 Å². The smallest absolute Gasteiger partial charge is 0.292 e. The molecule has 0 fully saturated rings. The molecule has 6 heteroatoms. The number of anilines is 1. The Morgan fingerprint density at radius 3 is 2.45 bits per heavy atom. The van der Waals surface area contributed by atoms with Gasteiger partial charge in [-0.25, -0.2) is 9.80 Å². The molecule has 2 aromatic rings. The predicted octanol–water partition coefficient (Wildman–Crippen LogP) is 1.50. The molecule has 0 amide bonds. The number of aryl methyl sites for hydroxylation is 1. The fourth-order valence-electron chi connectivity index (χ4n) is 1.97. The van der Waals surface area contributed by atoms with E-state index in [9.17, 15) is 9.59 Å². The number of aromatic nitrogens is 2. The van der Waals surface area contributed by atoms with Crippen LogP contribution in [0.5, 0.6) is 0 Å². The van der Waals surface area contributed by atoms with Gasteiger partial charge < -0.3 is 0 Å². The quantitative estimate of drug-likeness (QED) is 0.672. The summed E-state index contributed by atoms with van der Waals surface area (Å²) in [5.41, 5.74) is 1.41. The first-order valence-corrected chi connectivity index (χ1v) is 7.26. The highest BCUT2D eigenvalue weighted by Crippen LogP contribution is 2.07. The Kier molecular flexibility index (Phi) is 4.93. The Hall–Kier alpha value is -2.63. The highest BCUT2D eigenvalue weighted by molar-refractivity contribution is 5.80. The Morgan fingerprint density at radius 2 is 1.91 bits per heavy atom. The van der Waals surface area contributed by atoms with Gasteiger partial charge in [0.2, 0.25) is 0 Å². The van der Waals surface area contributed by atoms with E-state index in [1.54, 1.807) is 11.2 Å². The van der Waals surface area contributed by atoms with E-state index in [-0.39, 0.29) is 5.56 Å². The summed E-state index contributed by atoms with van der Waals surface area (Å²) < 4.78 is 1.02. The molecule has 116 valence electrons. The number of aromatic amines is 1. The summed E-state index contributed by atoms with van der Waals surface area (Å²) in [4.78, 5) is 26.0. The minimum Gasteiger partial charge on any atom is -0.292 e. The normalized spacial score (nSPS) is 11.0. The van der Waals surface area contributed by atoms with Gasteiger partial charge in [0.25, 0.3) is 5.56 Å². The molecule has 1 aromatic heterocycles. The summed E-state index contributed by atoms with van der Waals surface area (Å²) in [6.45, 7) is 4.54. The zero-order valence-corrected chi connectivity index (χ0v) is 13.0. The van der Waals surface area contributed by atoms with E-state index in [2.05, 4.69) is 29.1 Å². The number of hydrazone groups is 1. The van der Waals surface area contributed by atoms with Crippen LogP contribution in [0, 0.1) is 0 Å². The Bertz CT molecular complexity index is 741. The maximum absolute atomic E-state index is 11.7. The molecule has 0 bridgehead atoms. The zero-order chi connectivity index (χ0) is 16.1. The van der Waals surface area contributed by atoms with E-state index in [4.69, 9.17) is 0 Å². The molecule has 6 nitrogen and oxygen atoms in total. The van der Waals surface area contributed by atoms with Gasteiger partial charge in [0, 0.05) is 19.7 Å². The average Bonchev–Trinajstić information content (AvgIpc) is 2.53. The average molecular weight is 300 g/mol. The van der Waals surface area contributed by atoms with E-state index in [0.29, 0.717) is 12.4 Å². The van der Waals surface area contributed by atoms with E-state index >= 15 is 0 Å². The van der Waals surface area contributed by atoms with Crippen LogP contribution in [0.4, 0.5) is 5.82 Å². The van der Waals surface area contributed by atoms with Crippen molar-refractivity contribution in [2.75, 3.05) is 11.6 Å². The van der Waals surface area contributed by atoms with Gasteiger partial charge >= 0.3 is 5.69 Å². The topological polar surface area (TPSA) is 70.5 Å². The summed E-state index contributed by atoms with van der Waals surface area (Å²) in [6, 6.07) is 9.45. The minimum atomic E-state index is -0.455. The van der Waals surface area contributed by atoms with Crippen molar-refractivity contribution >= 4 is 12.0 Å². The standard InChI is InChI=1S/C16H20N4O2/c1-4-12-6-8-13(9-7-12)11-17-20(5-2)14-10-15(21)19(3)16(22)18-14/h6-11H,4-5H2,1-3H3,(H,18,22)/b17-11-. The molecule has 0 aliphatic carbocycles. The van der Waals surface area contributed by atoms with Gasteiger partial charge in [-0.2, -0.15) is 5.10 Å². The lowest BCUT2D eigenvalue weighted by molar-refractivity contribution is 0.756. The van der Waals surface area contributed by atoms with Crippen LogP contribution in [0.25, 0.3) is 0 Å². The largest absolute Gasteiger partial charge is 0.329 e. The van der Waals surface area contributed by atoms with Gasteiger partial charge in [-0.3, -0.25) is 14.3 Å². The van der Waals surface area contributed by atoms with Crippen LogP contribution >= 0.6 is 0 Å². The predicted molar refractivity (Wildman–Crippen MR) is 88.7 cm³/mol. The third-order valence-electron chi connectivity index (χ3n) is 3.44. The van der Waals surface area contributed by atoms with E-state index in [0.717, 1.165) is 16.6 Å². The van der Waals surface area contributed by atoms with Crippen LogP contribution in [-0.4, -0.2) is 22.3 Å². The molecule has 0 aliphatic rings. The van der Waals surface area contributed by atoms with Crippen LogP contribution in [0.2, 0.25) is 0 Å². The Morgan fingerprint density at radius 1 is 1.23 bits per heavy atom. The van der Waals surface area contributed by atoms with Gasteiger partial charge in [-0.05, 0) is 24.5 Å². The van der Waals surface area contributed by atoms with Gasteiger partial charge in [-0.1, -0.05) is 31.2 Å². The molecule has 1 heterocycles. The number of H-pyrrole nitrogens is 1. The molecule has 0 unspecified atom stereocenters. The fourth-order valence-corrected chi connectivity index (χ4v) is 1.97. The lowest BCUT2D eigenvalue weighted by Crippen LogP contribution is -2.34. The van der Waals surface area contributed by atoms with E-state index in [1.807, 2.05) is 19.1 Å². The van der Waals surface area contributed by atoms with Crippen molar-refractivity contribution in [3.8, 4) is 0 Å². The SMILES string of the molecule is CCc1ccc(/C=N\N(CC)c2cc(=O)n(C)c(=O)[nH]2)cc1. The van der Waals surface area contributed by atoms with Gasteiger partial charge in [0.15, 0.2) is 0 Å². The second-order valence-corrected chi connectivity index (χ2v) is 4.91. The molecule has 0 spiro atoms. The fraction of sp³-hybridized carbons (Fsp3) is 0.312. The molecule has 2 rings (SSSR count). The molecular weight excluding hydrogens is 280 g/mol. The first-order valence-electron chi connectivity index (χ1n) is 7.26. The molecule has 1 N–H and O–H groups in total. The van der Waals surface area contributed by atoms with Crippen molar-refractivity contribution in [2.24, 2.45) is 12.1 Å². The molecule has 0 saturated heterocycles. The van der Waals surface area contributed by atoms with Crippen LogP contribution in [0.15, 0.2) is 45.0 Å². The number of hydrogen-bond acceptors (Lipinski definition) is 4. The van der Waals surface area contributed by atoms with Crippen LogP contribution in [0.1, 0.15) is 25.0 Å². The summed E-state index contributed by atoms with van der Waals surface area (Å²) >= 11 is 0. The lowest BCUT2D eigenvalue weighted by Gasteiger charge is -2.16. The number of rotatable bonds is 5. The molecule has 22 heavy (non-hydrogen) atoms. The lowest BCUT2D eigenvalue weighted by atomic mass is 10.1. The van der Waals surface area contributed by atoms with Crippen molar-refractivity contribution < 1.29 is 0 Å². The second-order valence-electron chi connectivity index (χ2n) is 4.91. The summed E-state index contributed by atoms with van der Waals surface area (Å²) in [5.74, 6) is 0.386.